The number of nitrogens with two attached hydrogens (primary N) is 2. The Balaban J connectivity index is 1.63. The minimum absolute atomic E-state index is 0.125. The van der Waals surface area contributed by atoms with Crippen LogP contribution in [0.5, 0.6) is 0 Å². The summed E-state index contributed by atoms with van der Waals surface area (Å²) in [5.74, 6) is -1.30. The van der Waals surface area contributed by atoms with Crippen molar-refractivity contribution in [2.24, 2.45) is 16.6 Å². The first-order valence-electron chi connectivity index (χ1n) is 9.69. The monoisotopic (exact) mass is 437 g/mol. The molecule has 0 aliphatic carbocycles. The number of fused-ring (bicyclic) bond motifs is 1. The summed E-state index contributed by atoms with van der Waals surface area (Å²) in [6.45, 7) is 0.644. The molecule has 0 spiro atoms. The van der Waals surface area contributed by atoms with Gasteiger partial charge in [-0.15, -0.1) is 0 Å². The quantitative estimate of drug-likeness (QED) is 0.204. The standard InChI is InChI=1S/C19H27N5O7/c1-24(2)8-9-27-19(26)28-10-12-13-14(17(29-12)23-22-15(20)16(21)25)31-18(30-13)11-6-4-3-5-7-11/h3-7,12-14,17-18,23H,8-10H2,1-2H3,(H2,20,22)(H2,21,25)/t12-,13?,14-,17-,18?/m1/s1. The van der Waals surface area contributed by atoms with Gasteiger partial charge in [0.2, 0.25) is 5.84 Å². The number of carbonyl (C=O) groups is 2. The molecule has 5 atom stereocenters. The van der Waals surface area contributed by atoms with Gasteiger partial charge in [0.15, 0.2) is 12.5 Å². The van der Waals surface area contributed by atoms with Crippen LogP contribution in [0.1, 0.15) is 11.9 Å². The van der Waals surface area contributed by atoms with Crippen molar-refractivity contribution in [1.29, 1.82) is 0 Å². The SMILES string of the molecule is CN(C)CCOC(=O)OC[C@H]1O[C@@H](NN=C(N)C(N)=O)[C@@H]2OC(c3ccccc3)OC21. The van der Waals surface area contributed by atoms with Gasteiger partial charge in [-0.25, -0.2) is 4.79 Å². The van der Waals surface area contributed by atoms with Crippen LogP contribution in [0.3, 0.4) is 0 Å². The van der Waals surface area contributed by atoms with Crippen LogP contribution in [0.25, 0.3) is 0 Å². The molecule has 170 valence electrons. The molecule has 1 aromatic carbocycles. The van der Waals surface area contributed by atoms with E-state index in [1.807, 2.05) is 49.3 Å². The number of nitrogens with zero attached hydrogens (tertiary/aromatic N) is 2. The number of likely N-dealkylation sites (N-methyl/N-ethyl adjacent to an activating group) is 1. The Morgan fingerprint density at radius 3 is 2.48 bits per heavy atom. The van der Waals surface area contributed by atoms with E-state index in [1.165, 1.54) is 0 Å². The number of ether oxygens (including phenoxy) is 5. The number of hydrogen-bond donors (Lipinski definition) is 3. The number of nitrogens with one attached hydrogen (secondary N) is 1. The molecule has 0 aromatic heterocycles. The normalized spacial score (nSPS) is 27.7. The summed E-state index contributed by atoms with van der Waals surface area (Å²) in [7, 11) is 3.73. The maximum atomic E-state index is 11.8. The zero-order chi connectivity index (χ0) is 22.4. The molecule has 1 aromatic rings. The zero-order valence-electron chi connectivity index (χ0n) is 17.3. The Morgan fingerprint density at radius 1 is 1.10 bits per heavy atom. The van der Waals surface area contributed by atoms with Crippen LogP contribution in [-0.4, -0.2) is 81.2 Å². The fourth-order valence-electron chi connectivity index (χ4n) is 3.06. The molecule has 5 N–H and O–H groups in total. The van der Waals surface area contributed by atoms with E-state index in [0.717, 1.165) is 5.56 Å². The van der Waals surface area contributed by atoms with Crippen molar-refractivity contribution in [1.82, 2.24) is 10.3 Å². The third-order valence-corrected chi connectivity index (χ3v) is 4.63. The predicted octanol–water partition coefficient (Wildman–Crippen LogP) is -0.744. The molecular weight excluding hydrogens is 410 g/mol. The molecular formula is C19H27N5O7. The fourth-order valence-corrected chi connectivity index (χ4v) is 3.06. The van der Waals surface area contributed by atoms with Gasteiger partial charge in [0.1, 0.15) is 31.5 Å². The molecule has 12 heteroatoms. The Morgan fingerprint density at radius 2 is 1.81 bits per heavy atom. The average Bonchev–Trinajstić information content (AvgIpc) is 3.31. The van der Waals surface area contributed by atoms with E-state index >= 15 is 0 Å². The van der Waals surface area contributed by atoms with Crippen LogP contribution in [-0.2, 0) is 28.5 Å². The second-order valence-electron chi connectivity index (χ2n) is 7.24. The smallest absolute Gasteiger partial charge is 0.433 e. The first kappa shape index (κ1) is 22.7. The highest BCUT2D eigenvalue weighted by molar-refractivity contribution is 6.36. The van der Waals surface area contributed by atoms with Crippen LogP contribution < -0.4 is 16.9 Å². The summed E-state index contributed by atoms with van der Waals surface area (Å²) in [6.07, 6.45) is -4.10. The average molecular weight is 437 g/mol. The molecule has 2 aliphatic rings. The molecule has 2 saturated heterocycles. The van der Waals surface area contributed by atoms with E-state index in [1.54, 1.807) is 0 Å². The van der Waals surface area contributed by atoms with Crippen molar-refractivity contribution in [2.45, 2.75) is 30.8 Å². The predicted molar refractivity (Wildman–Crippen MR) is 107 cm³/mol. The summed E-state index contributed by atoms with van der Waals surface area (Å²) in [5, 5.41) is 3.72. The Bertz CT molecular complexity index is 791. The molecule has 2 heterocycles. The van der Waals surface area contributed by atoms with Crippen LogP contribution in [0, 0.1) is 0 Å². The second kappa shape index (κ2) is 10.4. The fraction of sp³-hybridized carbons (Fsp3) is 0.526. The van der Waals surface area contributed by atoms with Crippen LogP contribution in [0.15, 0.2) is 35.4 Å². The van der Waals surface area contributed by atoms with Gasteiger partial charge in [0.25, 0.3) is 5.91 Å². The summed E-state index contributed by atoms with van der Waals surface area (Å²) < 4.78 is 28.0. The summed E-state index contributed by atoms with van der Waals surface area (Å²) in [5.41, 5.74) is 14.0. The van der Waals surface area contributed by atoms with Crippen LogP contribution in [0.2, 0.25) is 0 Å². The van der Waals surface area contributed by atoms with Gasteiger partial charge >= 0.3 is 6.16 Å². The molecule has 31 heavy (non-hydrogen) atoms. The van der Waals surface area contributed by atoms with Gasteiger partial charge < -0.3 is 40.1 Å². The van der Waals surface area contributed by atoms with Gasteiger partial charge in [-0.3, -0.25) is 10.2 Å². The highest BCUT2D eigenvalue weighted by Gasteiger charge is 2.53. The third-order valence-electron chi connectivity index (χ3n) is 4.63. The molecule has 12 nitrogen and oxygen atoms in total. The minimum atomic E-state index is -0.881. The van der Waals surface area contributed by atoms with E-state index in [9.17, 15) is 9.59 Å². The van der Waals surface area contributed by atoms with E-state index < -0.39 is 48.7 Å². The number of primary amides is 1. The number of carbonyl (C=O) groups excluding carboxylic acids is 2. The maximum absolute atomic E-state index is 11.8. The number of amides is 1. The lowest BCUT2D eigenvalue weighted by Gasteiger charge is -2.20. The molecule has 3 rings (SSSR count). The maximum Gasteiger partial charge on any atom is 0.508 e. The topological polar surface area (TPSA) is 160 Å². The summed E-state index contributed by atoms with van der Waals surface area (Å²) in [4.78, 5) is 24.8. The summed E-state index contributed by atoms with van der Waals surface area (Å²) >= 11 is 0. The molecule has 2 fully saturated rings. The van der Waals surface area contributed by atoms with Gasteiger partial charge in [-0.05, 0) is 14.1 Å². The lowest BCUT2D eigenvalue weighted by Crippen LogP contribution is -2.40. The molecule has 2 unspecified atom stereocenters. The summed E-state index contributed by atoms with van der Waals surface area (Å²) in [6, 6.07) is 9.35. The van der Waals surface area contributed by atoms with Crippen molar-refractivity contribution in [3.05, 3.63) is 35.9 Å². The van der Waals surface area contributed by atoms with Crippen molar-refractivity contribution >= 4 is 17.9 Å². The van der Waals surface area contributed by atoms with E-state index in [4.69, 9.17) is 35.2 Å². The number of benzene rings is 1. The van der Waals surface area contributed by atoms with Gasteiger partial charge in [-0.2, -0.15) is 5.10 Å². The van der Waals surface area contributed by atoms with Crippen molar-refractivity contribution in [3.63, 3.8) is 0 Å². The Hall–Kier alpha value is -2.93. The van der Waals surface area contributed by atoms with Crippen LogP contribution >= 0.6 is 0 Å². The highest BCUT2D eigenvalue weighted by Crippen LogP contribution is 2.39. The Labute approximate surface area is 179 Å². The van der Waals surface area contributed by atoms with E-state index in [0.29, 0.717) is 6.54 Å². The molecule has 0 bridgehead atoms. The van der Waals surface area contributed by atoms with E-state index in [2.05, 4.69) is 10.5 Å². The van der Waals surface area contributed by atoms with Gasteiger partial charge in [0, 0.05) is 12.1 Å². The first-order chi connectivity index (χ1) is 14.8. The number of rotatable bonds is 8. The van der Waals surface area contributed by atoms with Crippen molar-refractivity contribution < 1.29 is 33.3 Å². The van der Waals surface area contributed by atoms with Crippen molar-refractivity contribution in [2.75, 3.05) is 33.9 Å². The van der Waals surface area contributed by atoms with Gasteiger partial charge in [-0.1, -0.05) is 30.3 Å². The molecule has 1 amide bonds. The lowest BCUT2D eigenvalue weighted by molar-refractivity contribution is -0.145. The Kier molecular flexibility index (Phi) is 7.63. The molecule has 0 saturated carbocycles. The van der Waals surface area contributed by atoms with E-state index in [-0.39, 0.29) is 13.2 Å². The number of hydrazone groups is 1. The molecule has 0 radical (unpaired) electrons. The second-order valence-corrected chi connectivity index (χ2v) is 7.24. The number of hydrogen-bond acceptors (Lipinski definition) is 10. The first-order valence-corrected chi connectivity index (χ1v) is 9.69. The highest BCUT2D eigenvalue weighted by atomic mass is 16.8. The minimum Gasteiger partial charge on any atom is -0.433 e. The largest absolute Gasteiger partial charge is 0.508 e. The van der Waals surface area contributed by atoms with Crippen molar-refractivity contribution in [3.8, 4) is 0 Å². The van der Waals surface area contributed by atoms with Crippen LogP contribution in [0.4, 0.5) is 4.79 Å². The zero-order valence-corrected chi connectivity index (χ0v) is 17.3. The van der Waals surface area contributed by atoms with Gasteiger partial charge in [0.05, 0.1) is 0 Å². The third kappa shape index (κ3) is 6.04. The lowest BCUT2D eigenvalue weighted by atomic mass is 10.1. The molecule has 2 aliphatic heterocycles. The number of amidine groups is 1.